The molecule has 4 nitrogen and oxygen atoms in total. The van der Waals surface area contributed by atoms with Crippen molar-refractivity contribution in [3.8, 4) is 0 Å². The molecule has 0 fully saturated rings. The molecule has 0 saturated carbocycles. The molecule has 88 valence electrons. The number of nitrogen functional groups attached to an aromatic ring is 1. The van der Waals surface area contributed by atoms with E-state index in [0.29, 0.717) is 22.5 Å². The average Bonchev–Trinajstić information content (AvgIpc) is 2.74. The molecule has 0 aliphatic rings. The summed E-state index contributed by atoms with van der Waals surface area (Å²) in [7, 11) is 0. The molecule has 17 heavy (non-hydrogen) atoms. The molecule has 2 rings (SSSR count). The quantitative estimate of drug-likeness (QED) is 0.855. The Morgan fingerprint density at radius 3 is 2.76 bits per heavy atom. The van der Waals surface area contributed by atoms with Crippen LogP contribution in [0.2, 0.25) is 0 Å². The second-order valence-electron chi connectivity index (χ2n) is 3.49. The molecule has 0 spiro atoms. The van der Waals surface area contributed by atoms with E-state index in [2.05, 4.69) is 21.2 Å². The first kappa shape index (κ1) is 11.7. The van der Waals surface area contributed by atoms with E-state index in [1.165, 1.54) is 6.26 Å². The maximum Gasteiger partial charge on any atom is 0.256 e. The molecular weight excluding hydrogens is 284 g/mol. The molecular formula is C12H11BrN2O2. The summed E-state index contributed by atoms with van der Waals surface area (Å²) >= 11 is 3.16. The lowest BCUT2D eigenvalue weighted by molar-refractivity contribution is 0.0949. The normalized spacial score (nSPS) is 10.2. The molecule has 5 heteroatoms. The van der Waals surface area contributed by atoms with E-state index >= 15 is 0 Å². The number of benzene rings is 1. The third kappa shape index (κ3) is 2.68. The largest absolute Gasteiger partial charge is 0.457 e. The molecule has 0 atom stereocenters. The number of halogens is 1. The van der Waals surface area contributed by atoms with E-state index in [0.717, 1.165) is 5.56 Å². The van der Waals surface area contributed by atoms with Gasteiger partial charge in [0.15, 0.2) is 4.67 Å². The van der Waals surface area contributed by atoms with Crippen LogP contribution in [0.1, 0.15) is 15.9 Å². The first-order valence-electron chi connectivity index (χ1n) is 5.03. The van der Waals surface area contributed by atoms with Gasteiger partial charge >= 0.3 is 0 Å². The molecule has 0 saturated heterocycles. The second kappa shape index (κ2) is 5.05. The van der Waals surface area contributed by atoms with E-state index < -0.39 is 0 Å². The number of anilines is 1. The van der Waals surface area contributed by atoms with Gasteiger partial charge in [-0.2, -0.15) is 0 Å². The number of furan rings is 1. The van der Waals surface area contributed by atoms with Gasteiger partial charge < -0.3 is 15.5 Å². The van der Waals surface area contributed by atoms with Crippen LogP contribution in [0, 0.1) is 0 Å². The Bertz CT molecular complexity index is 537. The van der Waals surface area contributed by atoms with E-state index in [1.807, 2.05) is 18.2 Å². The van der Waals surface area contributed by atoms with Crippen LogP contribution in [0.15, 0.2) is 45.7 Å². The van der Waals surface area contributed by atoms with Gasteiger partial charge in [0.25, 0.3) is 5.91 Å². The Labute approximate surface area is 107 Å². The van der Waals surface area contributed by atoms with Crippen LogP contribution in [0.3, 0.4) is 0 Å². The van der Waals surface area contributed by atoms with Gasteiger partial charge in [-0.15, -0.1) is 0 Å². The molecule has 0 unspecified atom stereocenters. The van der Waals surface area contributed by atoms with Gasteiger partial charge in [0.2, 0.25) is 0 Å². The van der Waals surface area contributed by atoms with Crippen LogP contribution in [-0.2, 0) is 6.54 Å². The maximum absolute atomic E-state index is 11.8. The van der Waals surface area contributed by atoms with Crippen LogP contribution in [0.25, 0.3) is 0 Å². The highest BCUT2D eigenvalue weighted by Gasteiger charge is 2.12. The molecule has 0 bridgehead atoms. The molecule has 1 aromatic heterocycles. The van der Waals surface area contributed by atoms with E-state index in [1.54, 1.807) is 12.1 Å². The lowest BCUT2D eigenvalue weighted by atomic mass is 10.2. The third-order valence-electron chi connectivity index (χ3n) is 2.36. The van der Waals surface area contributed by atoms with Crippen molar-refractivity contribution in [3.63, 3.8) is 0 Å². The number of carbonyl (C=O) groups excluding carboxylic acids is 1. The number of hydrogen-bond donors (Lipinski definition) is 2. The summed E-state index contributed by atoms with van der Waals surface area (Å²) in [5.41, 5.74) is 7.80. The van der Waals surface area contributed by atoms with Gasteiger partial charge in [0, 0.05) is 12.2 Å². The zero-order chi connectivity index (χ0) is 12.3. The fraction of sp³-hybridized carbons (Fsp3) is 0.0833. The molecule has 3 N–H and O–H groups in total. The monoisotopic (exact) mass is 294 g/mol. The predicted molar refractivity (Wildman–Crippen MR) is 68.4 cm³/mol. The molecule has 0 aliphatic heterocycles. The molecule has 1 heterocycles. The number of amides is 1. The fourth-order valence-electron chi connectivity index (χ4n) is 1.42. The number of para-hydroxylation sites is 1. The fourth-order valence-corrected chi connectivity index (χ4v) is 1.84. The highest BCUT2D eigenvalue weighted by Crippen LogP contribution is 2.17. The lowest BCUT2D eigenvalue weighted by Crippen LogP contribution is -2.23. The van der Waals surface area contributed by atoms with Gasteiger partial charge in [-0.25, -0.2) is 0 Å². The Morgan fingerprint density at radius 1 is 1.35 bits per heavy atom. The molecule has 1 aromatic carbocycles. The van der Waals surface area contributed by atoms with Crippen molar-refractivity contribution in [2.45, 2.75) is 6.54 Å². The van der Waals surface area contributed by atoms with E-state index in [9.17, 15) is 4.79 Å². The topological polar surface area (TPSA) is 68.3 Å². The van der Waals surface area contributed by atoms with Gasteiger partial charge in [0.05, 0.1) is 11.8 Å². The van der Waals surface area contributed by atoms with E-state index in [4.69, 9.17) is 10.2 Å². The summed E-state index contributed by atoms with van der Waals surface area (Å²) in [6, 6.07) is 9.02. The van der Waals surface area contributed by atoms with Crippen LogP contribution in [0.5, 0.6) is 0 Å². The van der Waals surface area contributed by atoms with Crippen LogP contribution in [-0.4, -0.2) is 5.91 Å². The predicted octanol–water partition coefficient (Wildman–Crippen LogP) is 2.55. The number of hydrogen-bond acceptors (Lipinski definition) is 3. The summed E-state index contributed by atoms with van der Waals surface area (Å²) in [4.78, 5) is 11.8. The molecule has 0 aliphatic carbocycles. The number of carbonyl (C=O) groups is 1. The minimum atomic E-state index is -0.200. The summed E-state index contributed by atoms with van der Waals surface area (Å²) in [5.74, 6) is -0.200. The second-order valence-corrected chi connectivity index (χ2v) is 4.21. The first-order valence-corrected chi connectivity index (χ1v) is 5.82. The molecule has 1 amide bonds. The van der Waals surface area contributed by atoms with Crippen LogP contribution >= 0.6 is 15.9 Å². The maximum atomic E-state index is 11.8. The Morgan fingerprint density at radius 2 is 2.12 bits per heavy atom. The zero-order valence-electron chi connectivity index (χ0n) is 8.94. The van der Waals surface area contributed by atoms with Gasteiger partial charge in [-0.3, -0.25) is 4.79 Å². The lowest BCUT2D eigenvalue weighted by Gasteiger charge is -2.06. The van der Waals surface area contributed by atoms with Crippen molar-refractivity contribution in [3.05, 3.63) is 52.4 Å². The Balaban J connectivity index is 2.02. The first-order chi connectivity index (χ1) is 8.18. The number of rotatable bonds is 3. The van der Waals surface area contributed by atoms with Gasteiger partial charge in [-0.05, 0) is 33.6 Å². The van der Waals surface area contributed by atoms with Gasteiger partial charge in [0.1, 0.15) is 0 Å². The number of nitrogens with two attached hydrogens (primary N) is 1. The standard InChI is InChI=1S/C12H11BrN2O2/c13-11-9(5-6-17-11)12(16)15-7-8-3-1-2-4-10(8)14/h1-6H,7,14H2,(H,15,16). The summed E-state index contributed by atoms with van der Waals surface area (Å²) in [6.45, 7) is 0.392. The molecule has 0 radical (unpaired) electrons. The van der Waals surface area contributed by atoms with Crippen molar-refractivity contribution in [1.82, 2.24) is 5.32 Å². The van der Waals surface area contributed by atoms with Crippen molar-refractivity contribution in [2.24, 2.45) is 0 Å². The molecule has 2 aromatic rings. The van der Waals surface area contributed by atoms with Crippen LogP contribution < -0.4 is 11.1 Å². The minimum Gasteiger partial charge on any atom is -0.457 e. The minimum absolute atomic E-state index is 0.200. The van der Waals surface area contributed by atoms with Gasteiger partial charge in [-0.1, -0.05) is 18.2 Å². The Kier molecular flexibility index (Phi) is 3.49. The number of nitrogens with one attached hydrogen (secondary N) is 1. The summed E-state index contributed by atoms with van der Waals surface area (Å²) < 4.78 is 5.42. The van der Waals surface area contributed by atoms with Crippen molar-refractivity contribution in [2.75, 3.05) is 5.73 Å². The Hall–Kier alpha value is -1.75. The SMILES string of the molecule is Nc1ccccc1CNC(=O)c1ccoc1Br. The zero-order valence-corrected chi connectivity index (χ0v) is 10.5. The van der Waals surface area contributed by atoms with Crippen molar-refractivity contribution in [1.29, 1.82) is 0 Å². The van der Waals surface area contributed by atoms with Crippen molar-refractivity contribution >= 4 is 27.5 Å². The highest BCUT2D eigenvalue weighted by atomic mass is 79.9. The average molecular weight is 295 g/mol. The summed E-state index contributed by atoms with van der Waals surface area (Å²) in [6.07, 6.45) is 1.45. The smallest absolute Gasteiger partial charge is 0.256 e. The summed E-state index contributed by atoms with van der Waals surface area (Å²) in [5, 5.41) is 2.77. The third-order valence-corrected chi connectivity index (χ3v) is 2.97. The van der Waals surface area contributed by atoms with E-state index in [-0.39, 0.29) is 5.91 Å². The highest BCUT2D eigenvalue weighted by molar-refractivity contribution is 9.10. The van der Waals surface area contributed by atoms with Crippen LogP contribution in [0.4, 0.5) is 5.69 Å². The van der Waals surface area contributed by atoms with Crippen molar-refractivity contribution < 1.29 is 9.21 Å².